The Bertz CT molecular complexity index is 787. The van der Waals surface area contributed by atoms with E-state index in [2.05, 4.69) is 30.1 Å². The third-order valence-corrected chi connectivity index (χ3v) is 5.09. The topological polar surface area (TPSA) is 53.2 Å². The molecule has 1 aliphatic heterocycles. The fourth-order valence-electron chi connectivity index (χ4n) is 2.70. The minimum atomic E-state index is -3.09. The molecule has 0 atom stereocenters. The van der Waals surface area contributed by atoms with Crippen LogP contribution in [0.25, 0.3) is 16.5 Å². The molecule has 0 radical (unpaired) electrons. The van der Waals surface area contributed by atoms with Crippen molar-refractivity contribution in [3.63, 3.8) is 0 Å². The number of hydrogen-bond donors (Lipinski definition) is 1. The molecule has 1 N–H and O–H groups in total. The second-order valence-corrected chi connectivity index (χ2v) is 7.33. The smallest absolute Gasteiger partial charge is 0.211 e. The lowest BCUT2D eigenvalue weighted by molar-refractivity contribution is 0.446. The third kappa shape index (κ3) is 2.39. The Labute approximate surface area is 119 Å². The first-order valence-corrected chi connectivity index (χ1v) is 8.52. The number of hydrogen-bond acceptors (Lipinski definition) is 2. The molecule has 106 valence electrons. The normalized spacial score (nSPS) is 17.4. The van der Waals surface area contributed by atoms with Crippen LogP contribution in [0, 0.1) is 6.92 Å². The van der Waals surface area contributed by atoms with Crippen LogP contribution in [0.4, 0.5) is 0 Å². The van der Waals surface area contributed by atoms with Gasteiger partial charge >= 0.3 is 0 Å². The van der Waals surface area contributed by atoms with Gasteiger partial charge in [0, 0.05) is 35.8 Å². The van der Waals surface area contributed by atoms with Gasteiger partial charge in [-0.25, -0.2) is 8.42 Å². The van der Waals surface area contributed by atoms with E-state index in [1.54, 1.807) is 0 Å². The van der Waals surface area contributed by atoms with Gasteiger partial charge in [0.05, 0.1) is 6.26 Å². The lowest BCUT2D eigenvalue weighted by Gasteiger charge is -2.24. The number of rotatable bonds is 2. The van der Waals surface area contributed by atoms with Crippen LogP contribution in [0.15, 0.2) is 30.5 Å². The Balaban J connectivity index is 1.97. The predicted molar refractivity (Wildman–Crippen MR) is 82.0 cm³/mol. The van der Waals surface area contributed by atoms with Crippen molar-refractivity contribution in [3.8, 4) is 0 Å². The first kappa shape index (κ1) is 13.4. The molecule has 2 aromatic rings. The summed E-state index contributed by atoms with van der Waals surface area (Å²) < 4.78 is 24.6. The molecule has 0 saturated heterocycles. The van der Waals surface area contributed by atoms with E-state index in [0.717, 1.165) is 11.9 Å². The first-order valence-electron chi connectivity index (χ1n) is 6.67. The Kier molecular flexibility index (Phi) is 3.18. The molecule has 0 unspecified atom stereocenters. The minimum Gasteiger partial charge on any atom is -0.361 e. The van der Waals surface area contributed by atoms with Gasteiger partial charge in [0.25, 0.3) is 0 Å². The molecule has 3 rings (SSSR count). The number of aryl methyl sites for hydroxylation is 1. The van der Waals surface area contributed by atoms with Gasteiger partial charge in [-0.3, -0.25) is 0 Å². The highest BCUT2D eigenvalue weighted by Gasteiger charge is 2.21. The molecule has 4 nitrogen and oxygen atoms in total. The van der Waals surface area contributed by atoms with Crippen molar-refractivity contribution in [1.29, 1.82) is 0 Å². The third-order valence-electron chi connectivity index (χ3n) is 3.82. The van der Waals surface area contributed by atoms with E-state index in [4.69, 9.17) is 0 Å². The van der Waals surface area contributed by atoms with E-state index in [9.17, 15) is 8.42 Å². The molecule has 0 aliphatic carbocycles. The van der Waals surface area contributed by atoms with Crippen LogP contribution >= 0.6 is 0 Å². The summed E-state index contributed by atoms with van der Waals surface area (Å²) in [7, 11) is -3.09. The van der Waals surface area contributed by atoms with E-state index < -0.39 is 10.0 Å². The Morgan fingerprint density at radius 1 is 1.30 bits per heavy atom. The summed E-state index contributed by atoms with van der Waals surface area (Å²) in [5, 5.41) is 1.21. The molecule has 0 saturated carbocycles. The number of nitrogens with one attached hydrogen (secondary N) is 1. The van der Waals surface area contributed by atoms with Crippen LogP contribution < -0.4 is 0 Å². The molecule has 0 spiro atoms. The Hall–Kier alpha value is -1.59. The zero-order valence-electron chi connectivity index (χ0n) is 11.7. The number of aromatic nitrogens is 1. The number of nitrogens with zero attached hydrogens (tertiary/aromatic N) is 1. The largest absolute Gasteiger partial charge is 0.361 e. The summed E-state index contributed by atoms with van der Waals surface area (Å²) in [6.45, 7) is 3.10. The van der Waals surface area contributed by atoms with Gasteiger partial charge in [0.2, 0.25) is 10.0 Å². The zero-order chi connectivity index (χ0) is 14.3. The average molecular weight is 290 g/mol. The second-order valence-electron chi connectivity index (χ2n) is 5.35. The quantitative estimate of drug-likeness (QED) is 0.924. The number of H-pyrrole nitrogens is 1. The van der Waals surface area contributed by atoms with Gasteiger partial charge in [0.1, 0.15) is 0 Å². The maximum absolute atomic E-state index is 11.5. The van der Waals surface area contributed by atoms with Crippen molar-refractivity contribution in [2.45, 2.75) is 13.3 Å². The molecule has 0 fully saturated rings. The van der Waals surface area contributed by atoms with Crippen LogP contribution in [-0.2, 0) is 10.0 Å². The minimum absolute atomic E-state index is 0.465. The molecular formula is C15H18N2O2S. The Morgan fingerprint density at radius 2 is 2.10 bits per heavy atom. The maximum atomic E-state index is 11.5. The maximum Gasteiger partial charge on any atom is 0.211 e. The fraction of sp³-hybridized carbons (Fsp3) is 0.333. The van der Waals surface area contributed by atoms with Crippen molar-refractivity contribution in [2.24, 2.45) is 0 Å². The molecule has 5 heteroatoms. The highest BCUT2D eigenvalue weighted by atomic mass is 32.2. The fourth-order valence-corrected chi connectivity index (χ4v) is 3.46. The summed E-state index contributed by atoms with van der Waals surface area (Å²) in [6.07, 6.45) is 6.07. The number of sulfonamides is 1. The summed E-state index contributed by atoms with van der Waals surface area (Å²) >= 11 is 0. The lowest BCUT2D eigenvalue weighted by atomic mass is 9.99. The predicted octanol–water partition coefficient (Wildman–Crippen LogP) is 2.53. The van der Waals surface area contributed by atoms with Crippen molar-refractivity contribution in [3.05, 3.63) is 41.6 Å². The molecule has 1 aliphatic rings. The Morgan fingerprint density at radius 3 is 2.75 bits per heavy atom. The highest BCUT2D eigenvalue weighted by molar-refractivity contribution is 7.88. The standard InChI is InChI=1S/C15H18N2O2S/c1-11-3-4-15-13(9-11)14(10-16-15)12-5-7-17(8-6-12)20(2,18)19/h3-5,9-10,16H,6-8H2,1-2H3. The van der Waals surface area contributed by atoms with E-state index in [0.29, 0.717) is 13.1 Å². The summed E-state index contributed by atoms with van der Waals surface area (Å²) in [5.41, 5.74) is 4.77. The van der Waals surface area contributed by atoms with Gasteiger partial charge in [-0.2, -0.15) is 4.31 Å². The van der Waals surface area contributed by atoms with Crippen molar-refractivity contribution in [2.75, 3.05) is 19.3 Å². The molecular weight excluding hydrogens is 272 g/mol. The molecule has 2 heterocycles. The second kappa shape index (κ2) is 4.75. The molecule has 20 heavy (non-hydrogen) atoms. The van der Waals surface area contributed by atoms with Gasteiger partial charge < -0.3 is 4.98 Å². The average Bonchev–Trinajstić information content (AvgIpc) is 2.81. The monoisotopic (exact) mass is 290 g/mol. The van der Waals surface area contributed by atoms with Crippen LogP contribution in [0.5, 0.6) is 0 Å². The zero-order valence-corrected chi connectivity index (χ0v) is 12.5. The van der Waals surface area contributed by atoms with Crippen molar-refractivity contribution < 1.29 is 8.42 Å². The molecule has 0 amide bonds. The van der Waals surface area contributed by atoms with E-state index in [-0.39, 0.29) is 0 Å². The summed E-state index contributed by atoms with van der Waals surface area (Å²) in [4.78, 5) is 3.28. The van der Waals surface area contributed by atoms with E-state index in [1.807, 2.05) is 12.3 Å². The van der Waals surface area contributed by atoms with E-state index in [1.165, 1.54) is 32.6 Å². The van der Waals surface area contributed by atoms with Gasteiger partial charge in [-0.1, -0.05) is 17.7 Å². The van der Waals surface area contributed by atoms with Crippen molar-refractivity contribution in [1.82, 2.24) is 9.29 Å². The number of aromatic amines is 1. The van der Waals surface area contributed by atoms with E-state index >= 15 is 0 Å². The molecule has 1 aromatic heterocycles. The van der Waals surface area contributed by atoms with Crippen LogP contribution in [-0.4, -0.2) is 37.1 Å². The summed E-state index contributed by atoms with van der Waals surface area (Å²) in [5.74, 6) is 0. The first-order chi connectivity index (χ1) is 9.45. The van der Waals surface area contributed by atoms with Crippen LogP contribution in [0.2, 0.25) is 0 Å². The van der Waals surface area contributed by atoms with Gasteiger partial charge in [-0.05, 0) is 31.1 Å². The van der Waals surface area contributed by atoms with Crippen LogP contribution in [0.3, 0.4) is 0 Å². The molecule has 1 aromatic carbocycles. The van der Waals surface area contributed by atoms with Gasteiger partial charge in [-0.15, -0.1) is 0 Å². The lowest BCUT2D eigenvalue weighted by Crippen LogP contribution is -2.33. The SMILES string of the molecule is Cc1ccc2[nH]cc(C3=CCN(S(C)(=O)=O)CC3)c2c1. The summed E-state index contributed by atoms with van der Waals surface area (Å²) in [6, 6.07) is 6.34. The molecule has 0 bridgehead atoms. The number of benzene rings is 1. The number of fused-ring (bicyclic) bond motifs is 1. The van der Waals surface area contributed by atoms with Crippen molar-refractivity contribution >= 4 is 26.5 Å². The highest BCUT2D eigenvalue weighted by Crippen LogP contribution is 2.30. The van der Waals surface area contributed by atoms with Gasteiger partial charge in [0.15, 0.2) is 0 Å². The van der Waals surface area contributed by atoms with Crippen LogP contribution in [0.1, 0.15) is 17.5 Å².